The molecule has 29 heavy (non-hydrogen) atoms. The molecule has 0 bridgehead atoms. The van der Waals surface area contributed by atoms with E-state index in [9.17, 15) is 5.11 Å². The minimum absolute atomic E-state index is 0.223. The van der Waals surface area contributed by atoms with Crippen LogP contribution >= 0.6 is 0 Å². The molecule has 4 heterocycles. The third kappa shape index (κ3) is 4.06. The van der Waals surface area contributed by atoms with Crippen LogP contribution in [0.25, 0.3) is 0 Å². The van der Waals surface area contributed by atoms with Crippen LogP contribution in [0.3, 0.4) is 0 Å². The minimum Gasteiger partial charge on any atom is -0.454 e. The first-order valence-electron chi connectivity index (χ1n) is 11.2. The largest absolute Gasteiger partial charge is 0.454 e. The number of likely N-dealkylation sites (N-methyl/N-ethyl adjacent to an activating group) is 1. The number of piperazine rings is 1. The molecule has 5 rings (SSSR count). The second kappa shape index (κ2) is 8.30. The van der Waals surface area contributed by atoms with Crippen molar-refractivity contribution in [1.82, 2.24) is 14.7 Å². The number of fused-ring (bicyclic) bond motifs is 1. The summed E-state index contributed by atoms with van der Waals surface area (Å²) in [4.78, 5) is 9.90. The van der Waals surface area contributed by atoms with Gasteiger partial charge in [-0.25, -0.2) is 0 Å². The average Bonchev–Trinajstić information content (AvgIpc) is 3.22. The molecule has 4 aliphatic rings. The summed E-state index contributed by atoms with van der Waals surface area (Å²) in [6.45, 7) is 8.79. The van der Waals surface area contributed by atoms with Gasteiger partial charge in [0.05, 0.1) is 6.10 Å². The van der Waals surface area contributed by atoms with E-state index >= 15 is 0 Å². The number of aliphatic hydroxyl groups excluding tert-OH is 1. The van der Waals surface area contributed by atoms with Gasteiger partial charge in [-0.15, -0.1) is 0 Å². The van der Waals surface area contributed by atoms with E-state index < -0.39 is 0 Å². The molecule has 0 aromatic heterocycles. The van der Waals surface area contributed by atoms with E-state index in [1.165, 1.54) is 5.69 Å². The van der Waals surface area contributed by atoms with E-state index in [-0.39, 0.29) is 6.10 Å². The SMILES string of the molecule is CN1CCN([C@@H]2CCN(C3CCN(c4ccc5c(c4)OCO5)CC3)C[C@H]2O)CC1. The molecule has 0 aliphatic carbocycles. The monoisotopic (exact) mass is 402 g/mol. The summed E-state index contributed by atoms with van der Waals surface area (Å²) in [6, 6.07) is 7.19. The molecular weight excluding hydrogens is 368 g/mol. The topological polar surface area (TPSA) is 51.7 Å². The molecule has 0 saturated carbocycles. The molecule has 3 saturated heterocycles. The van der Waals surface area contributed by atoms with Crippen LogP contribution < -0.4 is 14.4 Å². The van der Waals surface area contributed by atoms with Crippen LogP contribution in [-0.2, 0) is 0 Å². The Morgan fingerprint density at radius 1 is 0.862 bits per heavy atom. The summed E-state index contributed by atoms with van der Waals surface area (Å²) in [5, 5.41) is 10.9. The van der Waals surface area contributed by atoms with Crippen LogP contribution in [0.1, 0.15) is 19.3 Å². The Bertz CT molecular complexity index is 701. The van der Waals surface area contributed by atoms with Crippen LogP contribution in [0, 0.1) is 0 Å². The molecule has 0 radical (unpaired) electrons. The van der Waals surface area contributed by atoms with Gasteiger partial charge in [0.2, 0.25) is 6.79 Å². The highest BCUT2D eigenvalue weighted by Gasteiger charge is 2.36. The first-order chi connectivity index (χ1) is 14.2. The van der Waals surface area contributed by atoms with E-state index in [1.54, 1.807) is 0 Å². The predicted octanol–water partition coefficient (Wildman–Crippen LogP) is 1.07. The summed E-state index contributed by atoms with van der Waals surface area (Å²) >= 11 is 0. The Morgan fingerprint density at radius 2 is 1.62 bits per heavy atom. The van der Waals surface area contributed by atoms with Gasteiger partial charge in [0.1, 0.15) is 0 Å². The lowest BCUT2D eigenvalue weighted by Crippen LogP contribution is -2.60. The number of hydrogen-bond acceptors (Lipinski definition) is 7. The quantitative estimate of drug-likeness (QED) is 0.812. The van der Waals surface area contributed by atoms with Gasteiger partial charge in [0.25, 0.3) is 0 Å². The molecule has 0 unspecified atom stereocenters. The zero-order valence-corrected chi connectivity index (χ0v) is 17.5. The van der Waals surface area contributed by atoms with Gasteiger partial charge in [-0.2, -0.15) is 0 Å². The van der Waals surface area contributed by atoms with Gasteiger partial charge in [0.15, 0.2) is 11.5 Å². The van der Waals surface area contributed by atoms with Crippen molar-refractivity contribution in [3.05, 3.63) is 18.2 Å². The molecule has 0 amide bonds. The number of ether oxygens (including phenoxy) is 2. The number of likely N-dealkylation sites (tertiary alicyclic amines) is 1. The molecule has 1 N–H and O–H groups in total. The second-order valence-corrected chi connectivity index (χ2v) is 9.01. The Morgan fingerprint density at radius 3 is 2.38 bits per heavy atom. The standard InChI is InChI=1S/C22H34N4O3/c1-23-10-12-25(13-11-23)19-6-9-26(15-20(19)27)17-4-7-24(8-5-17)18-2-3-21-22(14-18)29-16-28-21/h2-3,14,17,19-20,27H,4-13,15-16H2,1H3/t19-,20-/m1/s1. The highest BCUT2D eigenvalue weighted by atomic mass is 16.7. The minimum atomic E-state index is -0.223. The highest BCUT2D eigenvalue weighted by molar-refractivity contribution is 5.57. The molecule has 1 aromatic carbocycles. The lowest BCUT2D eigenvalue weighted by Gasteiger charge is -2.47. The first-order valence-corrected chi connectivity index (χ1v) is 11.2. The summed E-state index contributed by atoms with van der Waals surface area (Å²) in [5.74, 6) is 1.71. The first kappa shape index (κ1) is 19.4. The highest BCUT2D eigenvalue weighted by Crippen LogP contribution is 2.36. The fraction of sp³-hybridized carbons (Fsp3) is 0.727. The van der Waals surface area contributed by atoms with E-state index in [1.807, 2.05) is 6.07 Å². The van der Waals surface area contributed by atoms with Crippen molar-refractivity contribution in [2.45, 2.75) is 37.5 Å². The summed E-state index contributed by atoms with van der Waals surface area (Å²) in [7, 11) is 2.19. The van der Waals surface area contributed by atoms with Crippen molar-refractivity contribution >= 4 is 5.69 Å². The molecule has 0 spiro atoms. The maximum atomic E-state index is 10.9. The smallest absolute Gasteiger partial charge is 0.231 e. The Kier molecular flexibility index (Phi) is 5.56. The molecule has 7 heteroatoms. The van der Waals surface area contributed by atoms with Crippen molar-refractivity contribution in [2.24, 2.45) is 0 Å². The summed E-state index contributed by atoms with van der Waals surface area (Å²) < 4.78 is 11.0. The Balaban J connectivity index is 1.13. The van der Waals surface area contributed by atoms with Crippen LogP contribution in [0.15, 0.2) is 18.2 Å². The number of anilines is 1. The average molecular weight is 403 g/mol. The molecule has 160 valence electrons. The summed E-state index contributed by atoms with van der Waals surface area (Å²) in [5.41, 5.74) is 1.22. The Hall–Kier alpha value is -1.54. The number of piperidine rings is 2. The molecule has 3 fully saturated rings. The fourth-order valence-corrected chi connectivity index (χ4v) is 5.43. The lowest BCUT2D eigenvalue weighted by atomic mass is 9.94. The second-order valence-electron chi connectivity index (χ2n) is 9.01. The molecule has 1 aromatic rings. The number of aliphatic hydroxyl groups is 1. The zero-order valence-electron chi connectivity index (χ0n) is 17.5. The maximum absolute atomic E-state index is 10.9. The van der Waals surface area contributed by atoms with Crippen LogP contribution in [0.4, 0.5) is 5.69 Å². The van der Waals surface area contributed by atoms with E-state index in [0.29, 0.717) is 18.9 Å². The number of benzene rings is 1. The predicted molar refractivity (Wildman–Crippen MR) is 113 cm³/mol. The van der Waals surface area contributed by atoms with E-state index in [2.05, 4.69) is 38.8 Å². The van der Waals surface area contributed by atoms with Gasteiger partial charge >= 0.3 is 0 Å². The maximum Gasteiger partial charge on any atom is 0.231 e. The van der Waals surface area contributed by atoms with Crippen molar-refractivity contribution in [3.63, 3.8) is 0 Å². The number of rotatable bonds is 3. The van der Waals surface area contributed by atoms with Crippen molar-refractivity contribution in [3.8, 4) is 11.5 Å². The third-order valence-corrected chi connectivity index (χ3v) is 7.29. The molecule has 7 nitrogen and oxygen atoms in total. The van der Waals surface area contributed by atoms with E-state index in [0.717, 1.165) is 83.1 Å². The Labute approximate surface area is 173 Å². The van der Waals surface area contributed by atoms with Crippen LogP contribution in [0.2, 0.25) is 0 Å². The van der Waals surface area contributed by atoms with Crippen molar-refractivity contribution in [2.75, 3.05) is 71.1 Å². The number of hydrogen-bond donors (Lipinski definition) is 1. The van der Waals surface area contributed by atoms with Gasteiger partial charge in [-0.3, -0.25) is 9.80 Å². The van der Waals surface area contributed by atoms with Gasteiger partial charge in [-0.05, 0) is 38.4 Å². The summed E-state index contributed by atoms with van der Waals surface area (Å²) in [6.07, 6.45) is 3.17. The normalized spacial score (nSPS) is 30.1. The zero-order chi connectivity index (χ0) is 19.8. The van der Waals surface area contributed by atoms with Gasteiger partial charge in [-0.1, -0.05) is 0 Å². The molecule has 4 aliphatic heterocycles. The molecular formula is C22H34N4O3. The lowest BCUT2D eigenvalue weighted by molar-refractivity contribution is -0.0396. The van der Waals surface area contributed by atoms with Gasteiger partial charge in [0, 0.05) is 76.2 Å². The third-order valence-electron chi connectivity index (χ3n) is 7.29. The van der Waals surface area contributed by atoms with Crippen LogP contribution in [0.5, 0.6) is 11.5 Å². The number of nitrogens with zero attached hydrogens (tertiary/aromatic N) is 4. The van der Waals surface area contributed by atoms with Crippen molar-refractivity contribution < 1.29 is 14.6 Å². The van der Waals surface area contributed by atoms with Crippen LogP contribution in [-0.4, -0.2) is 104 Å². The van der Waals surface area contributed by atoms with E-state index in [4.69, 9.17) is 9.47 Å². The molecule has 2 atom stereocenters. The number of β-amino-alcohol motifs (C(OH)–C–C–N with tert-alkyl or cyclic N) is 1. The van der Waals surface area contributed by atoms with Crippen molar-refractivity contribution in [1.29, 1.82) is 0 Å². The van der Waals surface area contributed by atoms with Gasteiger partial charge < -0.3 is 24.4 Å². The fourth-order valence-electron chi connectivity index (χ4n) is 5.43.